The number of benzene rings is 2. The monoisotopic (exact) mass is 241 g/mol. The number of aryl methyl sites for hydroxylation is 1. The average Bonchev–Trinajstić information content (AvgIpc) is 2.39. The molecule has 2 rings (SSSR count). The van der Waals surface area contributed by atoms with Crippen LogP contribution in [-0.2, 0) is 6.42 Å². The predicted octanol–water partition coefficient (Wildman–Crippen LogP) is 3.64. The summed E-state index contributed by atoms with van der Waals surface area (Å²) in [6.07, 6.45) is 0.889. The second kappa shape index (κ2) is 5.58. The zero-order valence-electron chi connectivity index (χ0n) is 11.2. The third kappa shape index (κ3) is 2.83. The van der Waals surface area contributed by atoms with Gasteiger partial charge in [-0.1, -0.05) is 29.8 Å². The number of hydrogen-bond donors (Lipinski definition) is 1. The molecule has 0 fully saturated rings. The lowest BCUT2D eigenvalue weighted by Gasteiger charge is -2.10. The Balaban J connectivity index is 2.29. The van der Waals surface area contributed by atoms with Gasteiger partial charge in [0, 0.05) is 19.2 Å². The number of hydrogen-bond acceptors (Lipinski definition) is 2. The first-order valence-electron chi connectivity index (χ1n) is 6.13. The van der Waals surface area contributed by atoms with Crippen LogP contribution in [0, 0.1) is 6.92 Å². The molecule has 0 aliphatic heterocycles. The maximum atomic E-state index is 5.41. The third-order valence-electron chi connectivity index (χ3n) is 3.05. The topological polar surface area (TPSA) is 21.3 Å². The lowest BCUT2D eigenvalue weighted by Crippen LogP contribution is -1.96. The molecule has 0 unspecified atom stereocenters. The largest absolute Gasteiger partial charge is 0.496 e. The lowest BCUT2D eigenvalue weighted by molar-refractivity contribution is 0.410. The highest BCUT2D eigenvalue weighted by Gasteiger charge is 2.04. The zero-order chi connectivity index (χ0) is 13.0. The Kier molecular flexibility index (Phi) is 3.88. The van der Waals surface area contributed by atoms with Crippen molar-refractivity contribution in [3.05, 3.63) is 59.2 Å². The molecule has 0 amide bonds. The van der Waals surface area contributed by atoms with Gasteiger partial charge in [0.15, 0.2) is 0 Å². The van der Waals surface area contributed by atoms with Gasteiger partial charge in [-0.3, -0.25) is 0 Å². The number of methoxy groups -OCH3 is 1. The summed E-state index contributed by atoms with van der Waals surface area (Å²) in [6, 6.07) is 14.7. The SMILES string of the molecule is CNc1cccc(Cc2cc(C)ccc2OC)c1. The highest BCUT2D eigenvalue weighted by molar-refractivity contribution is 5.47. The molecule has 2 aromatic rings. The normalized spacial score (nSPS) is 10.2. The van der Waals surface area contributed by atoms with E-state index >= 15 is 0 Å². The van der Waals surface area contributed by atoms with Crippen molar-refractivity contribution in [1.29, 1.82) is 0 Å². The molecule has 0 bridgehead atoms. The average molecular weight is 241 g/mol. The molecule has 0 aliphatic rings. The number of anilines is 1. The van der Waals surface area contributed by atoms with Crippen LogP contribution in [0.4, 0.5) is 5.69 Å². The minimum absolute atomic E-state index is 0.889. The zero-order valence-corrected chi connectivity index (χ0v) is 11.2. The minimum Gasteiger partial charge on any atom is -0.496 e. The molecular formula is C16H19NO. The van der Waals surface area contributed by atoms with Crippen molar-refractivity contribution in [3.63, 3.8) is 0 Å². The van der Waals surface area contributed by atoms with Gasteiger partial charge in [0.05, 0.1) is 7.11 Å². The molecule has 0 saturated heterocycles. The van der Waals surface area contributed by atoms with E-state index in [9.17, 15) is 0 Å². The molecule has 0 aromatic heterocycles. The van der Waals surface area contributed by atoms with E-state index in [2.05, 4.69) is 48.6 Å². The molecule has 2 aromatic carbocycles. The fraction of sp³-hybridized carbons (Fsp3) is 0.250. The van der Waals surface area contributed by atoms with Crippen molar-refractivity contribution in [2.75, 3.05) is 19.5 Å². The van der Waals surface area contributed by atoms with Gasteiger partial charge >= 0.3 is 0 Å². The van der Waals surface area contributed by atoms with Crippen LogP contribution in [0.25, 0.3) is 0 Å². The van der Waals surface area contributed by atoms with E-state index in [0.29, 0.717) is 0 Å². The predicted molar refractivity (Wildman–Crippen MR) is 76.5 cm³/mol. The molecule has 1 N–H and O–H groups in total. The number of rotatable bonds is 4. The van der Waals surface area contributed by atoms with Crippen LogP contribution in [0.3, 0.4) is 0 Å². The first-order chi connectivity index (χ1) is 8.72. The first kappa shape index (κ1) is 12.5. The minimum atomic E-state index is 0.889. The van der Waals surface area contributed by atoms with Crippen LogP contribution in [0.2, 0.25) is 0 Å². The molecule has 0 saturated carbocycles. The van der Waals surface area contributed by atoms with Gasteiger partial charge < -0.3 is 10.1 Å². The van der Waals surface area contributed by atoms with Crippen LogP contribution in [0.15, 0.2) is 42.5 Å². The number of nitrogens with one attached hydrogen (secondary N) is 1. The van der Waals surface area contributed by atoms with Crippen molar-refractivity contribution in [2.24, 2.45) is 0 Å². The summed E-state index contributed by atoms with van der Waals surface area (Å²) < 4.78 is 5.41. The lowest BCUT2D eigenvalue weighted by atomic mass is 10.0. The summed E-state index contributed by atoms with van der Waals surface area (Å²) in [5, 5.41) is 3.16. The molecular weight excluding hydrogens is 222 g/mol. The van der Waals surface area contributed by atoms with E-state index in [1.165, 1.54) is 16.7 Å². The maximum absolute atomic E-state index is 5.41. The second-order valence-corrected chi connectivity index (χ2v) is 4.44. The van der Waals surface area contributed by atoms with Crippen molar-refractivity contribution in [1.82, 2.24) is 0 Å². The summed E-state index contributed by atoms with van der Waals surface area (Å²) in [5.74, 6) is 0.954. The van der Waals surface area contributed by atoms with Crippen molar-refractivity contribution >= 4 is 5.69 Å². The maximum Gasteiger partial charge on any atom is 0.122 e. The fourth-order valence-corrected chi connectivity index (χ4v) is 2.10. The smallest absolute Gasteiger partial charge is 0.122 e. The van der Waals surface area contributed by atoms with Crippen molar-refractivity contribution in [2.45, 2.75) is 13.3 Å². The summed E-state index contributed by atoms with van der Waals surface area (Å²) >= 11 is 0. The van der Waals surface area contributed by atoms with Crippen LogP contribution in [0.5, 0.6) is 5.75 Å². The first-order valence-corrected chi connectivity index (χ1v) is 6.13. The highest BCUT2D eigenvalue weighted by Crippen LogP contribution is 2.23. The molecule has 0 atom stereocenters. The molecule has 0 heterocycles. The molecule has 2 heteroatoms. The van der Waals surface area contributed by atoms with E-state index in [1.54, 1.807) is 7.11 Å². The van der Waals surface area contributed by atoms with Crippen LogP contribution < -0.4 is 10.1 Å². The van der Waals surface area contributed by atoms with Gasteiger partial charge in [0.1, 0.15) is 5.75 Å². The standard InChI is InChI=1S/C16H19NO/c1-12-7-8-16(18-3)14(9-12)10-13-5-4-6-15(11-13)17-2/h4-9,11,17H,10H2,1-3H3. The van der Waals surface area contributed by atoms with E-state index in [4.69, 9.17) is 4.74 Å². The Morgan fingerprint density at radius 3 is 2.67 bits per heavy atom. The van der Waals surface area contributed by atoms with Gasteiger partial charge in [-0.2, -0.15) is 0 Å². The molecule has 0 radical (unpaired) electrons. The molecule has 94 valence electrons. The Morgan fingerprint density at radius 1 is 1.11 bits per heavy atom. The Hall–Kier alpha value is -1.96. The fourth-order valence-electron chi connectivity index (χ4n) is 2.10. The van der Waals surface area contributed by atoms with E-state index in [1.807, 2.05) is 13.1 Å². The van der Waals surface area contributed by atoms with Crippen molar-refractivity contribution < 1.29 is 4.74 Å². The van der Waals surface area contributed by atoms with Gasteiger partial charge in [-0.15, -0.1) is 0 Å². The highest BCUT2D eigenvalue weighted by atomic mass is 16.5. The summed E-state index contributed by atoms with van der Waals surface area (Å²) in [6.45, 7) is 2.10. The van der Waals surface area contributed by atoms with Gasteiger partial charge in [0.2, 0.25) is 0 Å². The Bertz CT molecular complexity index is 534. The van der Waals surface area contributed by atoms with Gasteiger partial charge in [0.25, 0.3) is 0 Å². The van der Waals surface area contributed by atoms with Crippen LogP contribution in [-0.4, -0.2) is 14.2 Å². The van der Waals surface area contributed by atoms with Gasteiger partial charge in [-0.25, -0.2) is 0 Å². The number of ether oxygens (including phenoxy) is 1. The second-order valence-electron chi connectivity index (χ2n) is 4.44. The summed E-state index contributed by atoms with van der Waals surface area (Å²) in [5.41, 5.74) is 4.91. The van der Waals surface area contributed by atoms with Crippen LogP contribution in [0.1, 0.15) is 16.7 Å². The van der Waals surface area contributed by atoms with Gasteiger partial charge in [-0.05, 0) is 36.2 Å². The quantitative estimate of drug-likeness (QED) is 0.882. The molecule has 0 spiro atoms. The summed E-state index contributed by atoms with van der Waals surface area (Å²) in [7, 11) is 3.66. The van der Waals surface area contributed by atoms with E-state index in [-0.39, 0.29) is 0 Å². The molecule has 18 heavy (non-hydrogen) atoms. The van der Waals surface area contributed by atoms with Crippen LogP contribution >= 0.6 is 0 Å². The molecule has 0 aliphatic carbocycles. The molecule has 2 nitrogen and oxygen atoms in total. The third-order valence-corrected chi connectivity index (χ3v) is 3.05. The van der Waals surface area contributed by atoms with Crippen molar-refractivity contribution in [3.8, 4) is 5.75 Å². The van der Waals surface area contributed by atoms with E-state index < -0.39 is 0 Å². The Morgan fingerprint density at radius 2 is 1.94 bits per heavy atom. The van der Waals surface area contributed by atoms with E-state index in [0.717, 1.165) is 17.9 Å². The Labute approximate surface area is 109 Å². The summed E-state index contributed by atoms with van der Waals surface area (Å²) in [4.78, 5) is 0.